The van der Waals surface area contributed by atoms with E-state index < -0.39 is 0 Å². The fourth-order valence-electron chi connectivity index (χ4n) is 2.99. The zero-order valence-electron chi connectivity index (χ0n) is 11.4. The molecule has 2 unspecified atom stereocenters. The van der Waals surface area contributed by atoms with Gasteiger partial charge in [0.05, 0.1) is 6.42 Å². The van der Waals surface area contributed by atoms with Crippen molar-refractivity contribution in [2.75, 3.05) is 13.2 Å². The maximum Gasteiger partial charge on any atom is 0.164 e. The molecule has 2 heterocycles. The minimum Gasteiger partial charge on any atom is -0.352 e. The van der Waals surface area contributed by atoms with E-state index in [2.05, 4.69) is 11.8 Å². The summed E-state index contributed by atoms with van der Waals surface area (Å²) in [7, 11) is 0. The molecule has 104 valence electrons. The van der Waals surface area contributed by atoms with Crippen molar-refractivity contribution in [3.05, 3.63) is 0 Å². The number of fused-ring (bicyclic) bond motifs is 2. The first-order chi connectivity index (χ1) is 8.72. The topological polar surface area (TPSA) is 35.5 Å². The normalized spacial score (nSPS) is 30.9. The number of rotatable bonds is 7. The number of ketones is 1. The zero-order chi connectivity index (χ0) is 13.0. The Labute approximate surface area is 114 Å². The summed E-state index contributed by atoms with van der Waals surface area (Å²) in [5.74, 6) is 0.603. The highest BCUT2D eigenvalue weighted by molar-refractivity contribution is 8.00. The maximum atomic E-state index is 12.3. The average molecular weight is 272 g/mol. The van der Waals surface area contributed by atoms with Crippen LogP contribution in [0.3, 0.4) is 0 Å². The highest BCUT2D eigenvalue weighted by atomic mass is 32.2. The molecule has 18 heavy (non-hydrogen) atoms. The molecule has 0 aromatic rings. The zero-order valence-corrected chi connectivity index (χ0v) is 12.2. The van der Waals surface area contributed by atoms with Crippen LogP contribution in [0.5, 0.6) is 0 Å². The van der Waals surface area contributed by atoms with Crippen molar-refractivity contribution < 1.29 is 14.3 Å². The third kappa shape index (κ3) is 3.72. The van der Waals surface area contributed by atoms with Crippen LogP contribution in [0.4, 0.5) is 0 Å². The molecular weight excluding hydrogens is 248 g/mol. The number of hydrogen-bond donors (Lipinski definition) is 0. The second-order valence-corrected chi connectivity index (χ2v) is 6.74. The summed E-state index contributed by atoms with van der Waals surface area (Å²) in [6.45, 7) is 5.08. The Morgan fingerprint density at radius 2 is 1.72 bits per heavy atom. The standard InChI is InChI=1S/C14H24O3S/c1-3-16-14(17-4-2)9-13(15)10-7-11-5-6-12(8-10)18-11/h10-12,14H,3-9H2,1-2H3. The van der Waals surface area contributed by atoms with Crippen molar-refractivity contribution in [2.45, 2.75) is 62.7 Å². The first kappa shape index (κ1) is 14.4. The smallest absolute Gasteiger partial charge is 0.164 e. The van der Waals surface area contributed by atoms with E-state index in [0.29, 0.717) is 25.4 Å². The lowest BCUT2D eigenvalue weighted by Crippen LogP contribution is -2.29. The monoisotopic (exact) mass is 272 g/mol. The first-order valence-electron chi connectivity index (χ1n) is 7.14. The van der Waals surface area contributed by atoms with Gasteiger partial charge < -0.3 is 9.47 Å². The van der Waals surface area contributed by atoms with E-state index in [1.807, 2.05) is 13.8 Å². The van der Waals surface area contributed by atoms with Crippen LogP contribution < -0.4 is 0 Å². The molecule has 2 saturated heterocycles. The largest absolute Gasteiger partial charge is 0.352 e. The summed E-state index contributed by atoms with van der Waals surface area (Å²) in [5, 5.41) is 1.46. The summed E-state index contributed by atoms with van der Waals surface area (Å²) in [6, 6.07) is 0. The van der Waals surface area contributed by atoms with Crippen molar-refractivity contribution in [2.24, 2.45) is 5.92 Å². The molecule has 2 aliphatic rings. The van der Waals surface area contributed by atoms with Crippen LogP contribution in [0.1, 0.15) is 46.0 Å². The van der Waals surface area contributed by atoms with Gasteiger partial charge in [-0.2, -0.15) is 11.8 Å². The summed E-state index contributed by atoms with van der Waals surface area (Å²) in [6.07, 6.45) is 4.85. The van der Waals surface area contributed by atoms with Gasteiger partial charge in [0.1, 0.15) is 5.78 Å². The van der Waals surface area contributed by atoms with Crippen LogP contribution in [-0.4, -0.2) is 35.8 Å². The molecule has 2 aliphatic heterocycles. The molecular formula is C14H24O3S. The van der Waals surface area contributed by atoms with Gasteiger partial charge in [0.25, 0.3) is 0 Å². The maximum absolute atomic E-state index is 12.3. The second kappa shape index (κ2) is 6.92. The SMILES string of the molecule is CCOC(CC(=O)C1CC2CCC(C1)S2)OCC. The van der Waals surface area contributed by atoms with E-state index in [0.717, 1.165) is 23.3 Å². The summed E-state index contributed by atoms with van der Waals surface area (Å²) in [4.78, 5) is 12.3. The van der Waals surface area contributed by atoms with Crippen molar-refractivity contribution in [1.29, 1.82) is 0 Å². The van der Waals surface area contributed by atoms with Gasteiger partial charge in [-0.1, -0.05) is 0 Å². The predicted octanol–water partition coefficient (Wildman–Crippen LogP) is 3.02. The molecule has 0 amide bonds. The van der Waals surface area contributed by atoms with Gasteiger partial charge in [0, 0.05) is 29.6 Å². The minimum absolute atomic E-state index is 0.257. The van der Waals surface area contributed by atoms with Gasteiger partial charge in [-0.15, -0.1) is 0 Å². The molecule has 0 saturated carbocycles. The van der Waals surface area contributed by atoms with E-state index in [1.54, 1.807) is 0 Å². The molecule has 2 bridgehead atoms. The minimum atomic E-state index is -0.334. The number of carbonyl (C=O) groups excluding carboxylic acids is 1. The molecule has 0 radical (unpaired) electrons. The molecule has 0 aromatic heterocycles. The molecule has 0 aromatic carbocycles. The van der Waals surface area contributed by atoms with Gasteiger partial charge in [-0.05, 0) is 39.5 Å². The van der Waals surface area contributed by atoms with E-state index in [-0.39, 0.29) is 12.2 Å². The van der Waals surface area contributed by atoms with Gasteiger partial charge in [0.2, 0.25) is 0 Å². The summed E-state index contributed by atoms with van der Waals surface area (Å²) < 4.78 is 10.9. The average Bonchev–Trinajstić information content (AvgIpc) is 2.69. The van der Waals surface area contributed by atoms with Crippen molar-refractivity contribution in [1.82, 2.24) is 0 Å². The molecule has 3 nitrogen and oxygen atoms in total. The Bertz CT molecular complexity index is 264. The Morgan fingerprint density at radius 3 is 2.22 bits per heavy atom. The number of carbonyl (C=O) groups is 1. The molecule has 2 atom stereocenters. The Morgan fingerprint density at radius 1 is 1.17 bits per heavy atom. The van der Waals surface area contributed by atoms with Crippen molar-refractivity contribution in [3.8, 4) is 0 Å². The van der Waals surface area contributed by atoms with Crippen LogP contribution >= 0.6 is 11.8 Å². The Balaban J connectivity index is 1.82. The van der Waals surface area contributed by atoms with Gasteiger partial charge >= 0.3 is 0 Å². The third-order valence-electron chi connectivity index (χ3n) is 3.82. The van der Waals surface area contributed by atoms with Gasteiger partial charge in [-0.3, -0.25) is 4.79 Å². The fraction of sp³-hybridized carbons (Fsp3) is 0.929. The third-order valence-corrected chi connectivity index (χ3v) is 5.44. The molecule has 0 aliphatic carbocycles. The lowest BCUT2D eigenvalue weighted by Gasteiger charge is -2.27. The summed E-state index contributed by atoms with van der Waals surface area (Å²) >= 11 is 2.10. The predicted molar refractivity (Wildman–Crippen MR) is 73.8 cm³/mol. The number of thioether (sulfide) groups is 1. The molecule has 4 heteroatoms. The fourth-order valence-corrected chi connectivity index (χ4v) is 4.76. The lowest BCUT2D eigenvalue weighted by molar-refractivity contribution is -0.154. The van der Waals surface area contributed by atoms with E-state index in [1.165, 1.54) is 12.8 Å². The van der Waals surface area contributed by atoms with Crippen LogP contribution in [0, 0.1) is 5.92 Å². The molecule has 0 N–H and O–H groups in total. The lowest BCUT2D eigenvalue weighted by atomic mass is 9.92. The van der Waals surface area contributed by atoms with Crippen LogP contribution in [0.15, 0.2) is 0 Å². The van der Waals surface area contributed by atoms with Crippen LogP contribution in [0.25, 0.3) is 0 Å². The summed E-state index contributed by atoms with van der Waals surface area (Å²) in [5.41, 5.74) is 0. The van der Waals surface area contributed by atoms with Gasteiger partial charge in [-0.25, -0.2) is 0 Å². The molecule has 0 spiro atoms. The van der Waals surface area contributed by atoms with Crippen LogP contribution in [-0.2, 0) is 14.3 Å². The van der Waals surface area contributed by atoms with E-state index in [9.17, 15) is 4.79 Å². The van der Waals surface area contributed by atoms with Crippen LogP contribution in [0.2, 0.25) is 0 Å². The van der Waals surface area contributed by atoms with E-state index >= 15 is 0 Å². The second-order valence-electron chi connectivity index (χ2n) is 5.14. The number of ether oxygens (including phenoxy) is 2. The Hall–Kier alpha value is -0.0600. The number of hydrogen-bond acceptors (Lipinski definition) is 4. The van der Waals surface area contributed by atoms with Gasteiger partial charge in [0.15, 0.2) is 6.29 Å². The highest BCUT2D eigenvalue weighted by Gasteiger charge is 2.38. The first-order valence-corrected chi connectivity index (χ1v) is 8.08. The van der Waals surface area contributed by atoms with Crippen molar-refractivity contribution >= 4 is 17.5 Å². The quantitative estimate of drug-likeness (QED) is 0.667. The van der Waals surface area contributed by atoms with E-state index in [4.69, 9.17) is 9.47 Å². The molecule has 2 fully saturated rings. The number of Topliss-reactive ketones (excluding diaryl/α,β-unsaturated/α-hetero) is 1. The highest BCUT2D eigenvalue weighted by Crippen LogP contribution is 2.46. The Kier molecular flexibility index (Phi) is 5.52. The van der Waals surface area contributed by atoms with Crippen molar-refractivity contribution in [3.63, 3.8) is 0 Å². The molecule has 2 rings (SSSR count).